The zero-order chi connectivity index (χ0) is 15.1. The summed E-state index contributed by atoms with van der Waals surface area (Å²) in [5.74, 6) is -0.274. The van der Waals surface area contributed by atoms with Crippen molar-refractivity contribution in [1.29, 1.82) is 0 Å². The van der Waals surface area contributed by atoms with Crippen LogP contribution in [0, 0.1) is 0 Å². The Morgan fingerprint density at radius 3 is 2.60 bits per heavy atom. The summed E-state index contributed by atoms with van der Waals surface area (Å²) in [4.78, 5) is 29.4. The van der Waals surface area contributed by atoms with Gasteiger partial charge in [-0.1, -0.05) is 0 Å². The summed E-state index contributed by atoms with van der Waals surface area (Å²) in [7, 11) is 0. The minimum Gasteiger partial charge on any atom is -0.397 e. The molecule has 6 nitrogen and oxygen atoms in total. The van der Waals surface area contributed by atoms with Gasteiger partial charge in [0.2, 0.25) is 11.8 Å². The molecule has 0 aromatic carbocycles. The third-order valence-electron chi connectivity index (χ3n) is 2.70. The summed E-state index contributed by atoms with van der Waals surface area (Å²) in [6.07, 6.45) is 1.69. The fourth-order valence-corrected chi connectivity index (χ4v) is 1.72. The molecule has 0 unspecified atom stereocenters. The highest BCUT2D eigenvalue weighted by Gasteiger charge is 2.16. The molecule has 0 atom stereocenters. The van der Waals surface area contributed by atoms with Crippen LogP contribution >= 0.6 is 0 Å². The summed E-state index contributed by atoms with van der Waals surface area (Å²) in [5, 5.41) is 2.77. The average molecular weight is 278 g/mol. The highest BCUT2D eigenvalue weighted by atomic mass is 16.2. The molecule has 0 spiro atoms. The first-order chi connectivity index (χ1) is 9.42. The number of hydrogen-bond acceptors (Lipinski definition) is 4. The van der Waals surface area contributed by atoms with E-state index in [-0.39, 0.29) is 30.8 Å². The lowest BCUT2D eigenvalue weighted by molar-refractivity contribution is -0.135. The van der Waals surface area contributed by atoms with Gasteiger partial charge in [0.05, 0.1) is 24.8 Å². The van der Waals surface area contributed by atoms with Crippen LogP contribution in [0.5, 0.6) is 0 Å². The first-order valence-electron chi connectivity index (χ1n) is 6.70. The maximum absolute atomic E-state index is 12.1. The maximum Gasteiger partial charge on any atom is 0.239 e. The van der Waals surface area contributed by atoms with Crippen LogP contribution in [0.25, 0.3) is 0 Å². The maximum atomic E-state index is 12.1. The molecule has 110 valence electrons. The van der Waals surface area contributed by atoms with E-state index in [4.69, 9.17) is 5.73 Å². The first-order valence-corrected chi connectivity index (χ1v) is 6.70. The van der Waals surface area contributed by atoms with Gasteiger partial charge in [-0.3, -0.25) is 14.6 Å². The molecule has 1 heterocycles. The quantitative estimate of drug-likeness (QED) is 0.796. The molecule has 0 aliphatic heterocycles. The molecule has 2 amide bonds. The Bertz CT molecular complexity index is 457. The third kappa shape index (κ3) is 5.26. The molecule has 1 rings (SSSR count). The summed E-state index contributed by atoms with van der Waals surface area (Å²) in [6, 6.07) is 3.49. The van der Waals surface area contributed by atoms with Crippen molar-refractivity contribution in [3.63, 3.8) is 0 Å². The molecule has 0 aliphatic carbocycles. The second-order valence-electron chi connectivity index (χ2n) is 4.89. The van der Waals surface area contributed by atoms with Crippen LogP contribution < -0.4 is 11.1 Å². The van der Waals surface area contributed by atoms with Gasteiger partial charge in [0.25, 0.3) is 0 Å². The van der Waals surface area contributed by atoms with Crippen molar-refractivity contribution in [1.82, 2.24) is 15.2 Å². The Morgan fingerprint density at radius 1 is 1.40 bits per heavy atom. The van der Waals surface area contributed by atoms with E-state index in [9.17, 15) is 9.59 Å². The summed E-state index contributed by atoms with van der Waals surface area (Å²) in [6.45, 7) is 6.17. The van der Waals surface area contributed by atoms with E-state index in [0.717, 1.165) is 0 Å². The molecule has 0 saturated heterocycles. The molecule has 0 fully saturated rings. The SMILES string of the molecule is CCN(CC(=O)NC(C)C)C(=O)Cc1ccc(N)cn1. The van der Waals surface area contributed by atoms with Crippen molar-refractivity contribution in [2.24, 2.45) is 0 Å². The van der Waals surface area contributed by atoms with Crippen LogP contribution in [-0.2, 0) is 16.0 Å². The number of nitrogens with zero attached hydrogens (tertiary/aromatic N) is 2. The van der Waals surface area contributed by atoms with Crippen molar-refractivity contribution < 1.29 is 9.59 Å². The van der Waals surface area contributed by atoms with Crippen LogP contribution in [0.1, 0.15) is 26.5 Å². The van der Waals surface area contributed by atoms with Crippen LogP contribution in [0.3, 0.4) is 0 Å². The van der Waals surface area contributed by atoms with E-state index >= 15 is 0 Å². The van der Waals surface area contributed by atoms with Crippen molar-refractivity contribution in [3.8, 4) is 0 Å². The zero-order valence-corrected chi connectivity index (χ0v) is 12.2. The van der Waals surface area contributed by atoms with Gasteiger partial charge >= 0.3 is 0 Å². The van der Waals surface area contributed by atoms with Crippen molar-refractivity contribution in [3.05, 3.63) is 24.0 Å². The molecule has 6 heteroatoms. The number of carbonyl (C=O) groups excluding carboxylic acids is 2. The predicted octanol–water partition coefficient (Wildman–Crippen LogP) is 0.579. The van der Waals surface area contributed by atoms with Crippen LogP contribution in [0.2, 0.25) is 0 Å². The highest BCUT2D eigenvalue weighted by molar-refractivity contribution is 5.85. The Labute approximate surface area is 119 Å². The van der Waals surface area contributed by atoms with Gasteiger partial charge in [0.15, 0.2) is 0 Å². The Kier molecular flexibility index (Phi) is 5.96. The molecule has 0 bridgehead atoms. The van der Waals surface area contributed by atoms with Crippen molar-refractivity contribution in [2.45, 2.75) is 33.2 Å². The monoisotopic (exact) mass is 278 g/mol. The minimum atomic E-state index is -0.152. The van der Waals surface area contributed by atoms with Gasteiger partial charge in [-0.05, 0) is 32.9 Å². The van der Waals surface area contributed by atoms with Crippen LogP contribution in [0.15, 0.2) is 18.3 Å². The fraction of sp³-hybridized carbons (Fsp3) is 0.500. The lowest BCUT2D eigenvalue weighted by Crippen LogP contribution is -2.43. The molecule has 1 aromatic heterocycles. The summed E-state index contributed by atoms with van der Waals surface area (Å²) < 4.78 is 0. The van der Waals surface area contributed by atoms with Gasteiger partial charge < -0.3 is 16.0 Å². The second-order valence-corrected chi connectivity index (χ2v) is 4.89. The van der Waals surface area contributed by atoms with E-state index in [1.54, 1.807) is 12.1 Å². The van der Waals surface area contributed by atoms with Crippen LogP contribution in [-0.4, -0.2) is 40.8 Å². The topological polar surface area (TPSA) is 88.3 Å². The number of carbonyl (C=O) groups is 2. The van der Waals surface area contributed by atoms with Gasteiger partial charge in [-0.2, -0.15) is 0 Å². The Hall–Kier alpha value is -2.11. The molecule has 20 heavy (non-hydrogen) atoms. The van der Waals surface area contributed by atoms with E-state index < -0.39 is 0 Å². The number of aromatic nitrogens is 1. The molecular weight excluding hydrogens is 256 g/mol. The number of pyridine rings is 1. The van der Waals surface area contributed by atoms with E-state index in [2.05, 4.69) is 10.3 Å². The number of hydrogen-bond donors (Lipinski definition) is 2. The minimum absolute atomic E-state index is 0.0649. The molecule has 0 radical (unpaired) electrons. The zero-order valence-electron chi connectivity index (χ0n) is 12.2. The second kappa shape index (κ2) is 7.47. The molecule has 0 aliphatic rings. The molecule has 1 aromatic rings. The van der Waals surface area contributed by atoms with Crippen molar-refractivity contribution >= 4 is 17.5 Å². The normalized spacial score (nSPS) is 10.4. The predicted molar refractivity (Wildman–Crippen MR) is 77.9 cm³/mol. The number of nitrogens with one attached hydrogen (secondary N) is 1. The number of nitrogen functional groups attached to an aromatic ring is 1. The van der Waals surface area contributed by atoms with E-state index in [0.29, 0.717) is 17.9 Å². The number of rotatable bonds is 6. The third-order valence-corrected chi connectivity index (χ3v) is 2.70. The smallest absolute Gasteiger partial charge is 0.239 e. The lowest BCUT2D eigenvalue weighted by atomic mass is 10.2. The first kappa shape index (κ1) is 15.9. The average Bonchev–Trinajstić information content (AvgIpc) is 2.37. The summed E-state index contributed by atoms with van der Waals surface area (Å²) >= 11 is 0. The number of anilines is 1. The van der Waals surface area contributed by atoms with Gasteiger partial charge in [0.1, 0.15) is 0 Å². The van der Waals surface area contributed by atoms with E-state index in [1.165, 1.54) is 11.1 Å². The number of nitrogens with two attached hydrogens (primary N) is 1. The van der Waals surface area contributed by atoms with Gasteiger partial charge in [-0.25, -0.2) is 0 Å². The van der Waals surface area contributed by atoms with Gasteiger partial charge in [-0.15, -0.1) is 0 Å². The van der Waals surface area contributed by atoms with Gasteiger partial charge in [0, 0.05) is 18.3 Å². The largest absolute Gasteiger partial charge is 0.397 e. The van der Waals surface area contributed by atoms with Crippen molar-refractivity contribution in [2.75, 3.05) is 18.8 Å². The Balaban J connectivity index is 2.58. The number of likely N-dealkylation sites (N-methyl/N-ethyl adjacent to an activating group) is 1. The highest BCUT2D eigenvalue weighted by Crippen LogP contribution is 2.04. The summed E-state index contributed by atoms with van der Waals surface area (Å²) in [5.41, 5.74) is 6.75. The molecule has 3 N–H and O–H groups in total. The van der Waals surface area contributed by atoms with E-state index in [1.807, 2.05) is 20.8 Å². The fourth-order valence-electron chi connectivity index (χ4n) is 1.72. The lowest BCUT2D eigenvalue weighted by Gasteiger charge is -2.21. The van der Waals surface area contributed by atoms with Crippen LogP contribution in [0.4, 0.5) is 5.69 Å². The standard InChI is InChI=1S/C14H22N4O2/c1-4-18(9-13(19)17-10(2)3)14(20)7-12-6-5-11(15)8-16-12/h5-6,8,10H,4,7,9,15H2,1-3H3,(H,17,19). The Morgan fingerprint density at radius 2 is 2.10 bits per heavy atom. The molecular formula is C14H22N4O2. The molecule has 0 saturated carbocycles. The number of amides is 2.